The molecule has 2 nitrogen and oxygen atoms in total. The Hall–Kier alpha value is -0.0800. The minimum Gasteiger partial charge on any atom is -0.329 e. The van der Waals surface area contributed by atoms with E-state index in [-0.39, 0.29) is 0 Å². The third-order valence-corrected chi connectivity index (χ3v) is 4.02. The summed E-state index contributed by atoms with van der Waals surface area (Å²) in [6.07, 6.45) is 5.57. The van der Waals surface area contributed by atoms with Gasteiger partial charge in [-0.05, 0) is 51.0 Å². The molecule has 1 saturated carbocycles. The molecule has 82 valence electrons. The lowest BCUT2D eigenvalue weighted by atomic mass is 9.91. The summed E-state index contributed by atoms with van der Waals surface area (Å²) in [5.74, 6) is 1.84. The standard InChI is InChI=1S/C12H24N2/c1-9-5-6-14(10(2)7-9)12(8-13)11-3-4-11/h9-12H,3-8,13H2,1-2H3. The van der Waals surface area contributed by atoms with Crippen molar-refractivity contribution in [1.82, 2.24) is 4.90 Å². The van der Waals surface area contributed by atoms with Gasteiger partial charge in [0, 0.05) is 18.6 Å². The van der Waals surface area contributed by atoms with Crippen LogP contribution in [0.3, 0.4) is 0 Å². The lowest BCUT2D eigenvalue weighted by molar-refractivity contribution is 0.0746. The molecular weight excluding hydrogens is 172 g/mol. The van der Waals surface area contributed by atoms with Gasteiger partial charge in [0.2, 0.25) is 0 Å². The van der Waals surface area contributed by atoms with Crippen LogP contribution in [0.5, 0.6) is 0 Å². The zero-order valence-electron chi connectivity index (χ0n) is 9.58. The van der Waals surface area contributed by atoms with E-state index < -0.39 is 0 Å². The maximum atomic E-state index is 5.90. The Morgan fingerprint density at radius 1 is 1.29 bits per heavy atom. The van der Waals surface area contributed by atoms with Crippen LogP contribution in [0.15, 0.2) is 0 Å². The molecule has 0 radical (unpaired) electrons. The third-order valence-electron chi connectivity index (χ3n) is 4.02. The van der Waals surface area contributed by atoms with Crippen molar-refractivity contribution < 1.29 is 0 Å². The normalized spacial score (nSPS) is 37.1. The van der Waals surface area contributed by atoms with E-state index in [2.05, 4.69) is 18.7 Å². The van der Waals surface area contributed by atoms with Crippen LogP contribution in [-0.4, -0.2) is 30.1 Å². The number of nitrogens with two attached hydrogens (primary N) is 1. The minimum absolute atomic E-state index is 0.692. The van der Waals surface area contributed by atoms with Gasteiger partial charge in [0.15, 0.2) is 0 Å². The number of hydrogen-bond donors (Lipinski definition) is 1. The molecule has 0 spiro atoms. The van der Waals surface area contributed by atoms with E-state index in [1.54, 1.807) is 0 Å². The summed E-state index contributed by atoms with van der Waals surface area (Å²) in [5, 5.41) is 0. The first-order valence-corrected chi connectivity index (χ1v) is 6.18. The molecule has 0 amide bonds. The van der Waals surface area contributed by atoms with Crippen LogP contribution in [0.4, 0.5) is 0 Å². The Morgan fingerprint density at radius 3 is 2.50 bits per heavy atom. The number of piperidine rings is 1. The molecule has 0 aromatic carbocycles. The lowest BCUT2D eigenvalue weighted by Crippen LogP contribution is -2.50. The van der Waals surface area contributed by atoms with Crippen LogP contribution < -0.4 is 5.73 Å². The second-order valence-corrected chi connectivity index (χ2v) is 5.36. The highest BCUT2D eigenvalue weighted by Gasteiger charge is 2.37. The quantitative estimate of drug-likeness (QED) is 0.746. The van der Waals surface area contributed by atoms with Crippen LogP contribution in [-0.2, 0) is 0 Å². The molecule has 2 rings (SSSR count). The summed E-state index contributed by atoms with van der Waals surface area (Å²) in [4.78, 5) is 2.68. The summed E-state index contributed by atoms with van der Waals surface area (Å²) in [6, 6.07) is 1.45. The molecule has 1 aliphatic carbocycles. The fourth-order valence-corrected chi connectivity index (χ4v) is 3.00. The predicted molar refractivity (Wildman–Crippen MR) is 60.1 cm³/mol. The van der Waals surface area contributed by atoms with Crippen molar-refractivity contribution in [1.29, 1.82) is 0 Å². The first-order chi connectivity index (χ1) is 6.72. The molecule has 14 heavy (non-hydrogen) atoms. The molecule has 0 aromatic heterocycles. The summed E-state index contributed by atoms with van der Waals surface area (Å²) >= 11 is 0. The summed E-state index contributed by atoms with van der Waals surface area (Å²) in [5.41, 5.74) is 5.90. The average molecular weight is 196 g/mol. The first kappa shape index (κ1) is 10.4. The molecule has 0 aromatic rings. The molecule has 2 heteroatoms. The van der Waals surface area contributed by atoms with Crippen molar-refractivity contribution >= 4 is 0 Å². The van der Waals surface area contributed by atoms with Gasteiger partial charge >= 0.3 is 0 Å². The topological polar surface area (TPSA) is 29.3 Å². The smallest absolute Gasteiger partial charge is 0.0249 e. The Bertz CT molecular complexity index is 189. The Kier molecular flexibility index (Phi) is 3.13. The zero-order chi connectivity index (χ0) is 10.1. The molecule has 3 unspecified atom stereocenters. The van der Waals surface area contributed by atoms with Gasteiger partial charge in [-0.25, -0.2) is 0 Å². The highest BCUT2D eigenvalue weighted by atomic mass is 15.2. The van der Waals surface area contributed by atoms with E-state index in [0.717, 1.165) is 24.4 Å². The lowest BCUT2D eigenvalue weighted by Gasteiger charge is -2.41. The Balaban J connectivity index is 1.94. The summed E-state index contributed by atoms with van der Waals surface area (Å²) in [7, 11) is 0. The van der Waals surface area contributed by atoms with Gasteiger partial charge in [-0.2, -0.15) is 0 Å². The van der Waals surface area contributed by atoms with Gasteiger partial charge < -0.3 is 5.73 Å². The second-order valence-electron chi connectivity index (χ2n) is 5.36. The van der Waals surface area contributed by atoms with Gasteiger partial charge in [0.25, 0.3) is 0 Å². The van der Waals surface area contributed by atoms with Crippen LogP contribution in [0, 0.1) is 11.8 Å². The SMILES string of the molecule is CC1CCN(C(CN)C2CC2)C(C)C1. The zero-order valence-corrected chi connectivity index (χ0v) is 9.58. The van der Waals surface area contributed by atoms with Gasteiger partial charge in [-0.3, -0.25) is 4.90 Å². The molecule has 2 aliphatic rings. The van der Waals surface area contributed by atoms with E-state index in [9.17, 15) is 0 Å². The van der Waals surface area contributed by atoms with Crippen LogP contribution in [0.2, 0.25) is 0 Å². The van der Waals surface area contributed by atoms with Crippen molar-refractivity contribution in [2.24, 2.45) is 17.6 Å². The second kappa shape index (κ2) is 4.19. The molecule has 2 fully saturated rings. The van der Waals surface area contributed by atoms with Gasteiger partial charge in [0.05, 0.1) is 0 Å². The van der Waals surface area contributed by atoms with E-state index >= 15 is 0 Å². The molecule has 1 aliphatic heterocycles. The van der Waals surface area contributed by atoms with Crippen molar-refractivity contribution in [2.75, 3.05) is 13.1 Å². The molecule has 2 N–H and O–H groups in total. The minimum atomic E-state index is 0.692. The Labute approximate surface area is 87.8 Å². The van der Waals surface area contributed by atoms with Crippen molar-refractivity contribution in [2.45, 2.75) is 51.6 Å². The fourth-order valence-electron chi connectivity index (χ4n) is 3.00. The number of rotatable bonds is 3. The van der Waals surface area contributed by atoms with Crippen LogP contribution in [0.25, 0.3) is 0 Å². The summed E-state index contributed by atoms with van der Waals surface area (Å²) in [6.45, 7) is 6.90. The summed E-state index contributed by atoms with van der Waals surface area (Å²) < 4.78 is 0. The number of likely N-dealkylation sites (tertiary alicyclic amines) is 1. The molecule has 1 saturated heterocycles. The first-order valence-electron chi connectivity index (χ1n) is 6.18. The molecule has 1 heterocycles. The fraction of sp³-hybridized carbons (Fsp3) is 1.00. The number of nitrogens with zero attached hydrogens (tertiary/aromatic N) is 1. The van der Waals surface area contributed by atoms with E-state index in [1.807, 2.05) is 0 Å². The molecular formula is C12H24N2. The monoisotopic (exact) mass is 196 g/mol. The van der Waals surface area contributed by atoms with Crippen LogP contribution >= 0.6 is 0 Å². The van der Waals surface area contributed by atoms with Crippen LogP contribution in [0.1, 0.15) is 39.5 Å². The molecule has 0 bridgehead atoms. The Morgan fingerprint density at radius 2 is 2.00 bits per heavy atom. The van der Waals surface area contributed by atoms with Gasteiger partial charge in [0.1, 0.15) is 0 Å². The molecule has 3 atom stereocenters. The van der Waals surface area contributed by atoms with Gasteiger partial charge in [-0.15, -0.1) is 0 Å². The van der Waals surface area contributed by atoms with Crippen molar-refractivity contribution in [3.05, 3.63) is 0 Å². The van der Waals surface area contributed by atoms with E-state index in [1.165, 1.54) is 32.2 Å². The number of hydrogen-bond acceptors (Lipinski definition) is 2. The highest BCUT2D eigenvalue weighted by Crippen LogP contribution is 2.37. The van der Waals surface area contributed by atoms with Gasteiger partial charge in [-0.1, -0.05) is 6.92 Å². The van der Waals surface area contributed by atoms with E-state index in [0.29, 0.717) is 6.04 Å². The van der Waals surface area contributed by atoms with Crippen molar-refractivity contribution in [3.63, 3.8) is 0 Å². The maximum Gasteiger partial charge on any atom is 0.0249 e. The van der Waals surface area contributed by atoms with E-state index in [4.69, 9.17) is 5.73 Å². The van der Waals surface area contributed by atoms with Crippen molar-refractivity contribution in [3.8, 4) is 0 Å². The predicted octanol–water partition coefficient (Wildman–Crippen LogP) is 1.84. The largest absolute Gasteiger partial charge is 0.329 e. The maximum absolute atomic E-state index is 5.90. The average Bonchev–Trinajstić information content (AvgIpc) is 2.93. The third kappa shape index (κ3) is 2.12. The highest BCUT2D eigenvalue weighted by molar-refractivity contribution is 4.92.